The number of carboxylic acid groups (broad SMARTS) is 1. The van der Waals surface area contributed by atoms with E-state index >= 15 is 0 Å². The third-order valence-corrected chi connectivity index (χ3v) is 1.40. The molecule has 0 spiro atoms. The van der Waals surface area contributed by atoms with Gasteiger partial charge in [-0.3, -0.25) is 4.84 Å². The zero-order valence-electron chi connectivity index (χ0n) is 8.35. The van der Waals surface area contributed by atoms with Gasteiger partial charge in [-0.05, 0) is 6.92 Å². The van der Waals surface area contributed by atoms with Crippen molar-refractivity contribution >= 4 is 11.8 Å². The fourth-order valence-corrected chi connectivity index (χ4v) is 0.869. The number of hydrogen-bond acceptors (Lipinski definition) is 6. The second kappa shape index (κ2) is 5.11. The van der Waals surface area contributed by atoms with Gasteiger partial charge in [0.1, 0.15) is 5.82 Å². The Morgan fingerprint density at radius 3 is 2.93 bits per heavy atom. The second-order valence-electron chi connectivity index (χ2n) is 2.63. The third kappa shape index (κ3) is 3.77. The smallest absolute Gasteiger partial charge is 0.332 e. The molecule has 0 fully saturated rings. The molecule has 7 heteroatoms. The maximum Gasteiger partial charge on any atom is 0.332 e. The predicted octanol–water partition coefficient (Wildman–Crippen LogP) is 0.222. The van der Waals surface area contributed by atoms with Gasteiger partial charge in [-0.25, -0.2) is 15.3 Å². The number of hydrogen-bond donors (Lipinski definition) is 2. The van der Waals surface area contributed by atoms with Gasteiger partial charge in [0, 0.05) is 6.07 Å². The number of aliphatic carboxylic acids is 1. The zero-order chi connectivity index (χ0) is 11.3. The van der Waals surface area contributed by atoms with Crippen LogP contribution in [-0.4, -0.2) is 34.8 Å². The highest BCUT2D eigenvalue weighted by molar-refractivity contribution is 5.68. The van der Waals surface area contributed by atoms with E-state index in [1.165, 1.54) is 13.2 Å². The molecule has 0 aromatic carbocycles. The molecule has 0 aliphatic rings. The number of carboxylic acids is 1. The van der Waals surface area contributed by atoms with Gasteiger partial charge in [0.15, 0.2) is 12.4 Å². The maximum atomic E-state index is 10.2. The fourth-order valence-electron chi connectivity index (χ4n) is 0.869. The number of aromatic nitrogens is 2. The molecule has 0 aliphatic carbocycles. The van der Waals surface area contributed by atoms with Gasteiger partial charge >= 0.3 is 5.97 Å². The van der Waals surface area contributed by atoms with Crippen LogP contribution in [0, 0.1) is 6.92 Å². The van der Waals surface area contributed by atoms with Gasteiger partial charge in [-0.1, -0.05) is 0 Å². The highest BCUT2D eigenvalue weighted by Gasteiger charge is 2.02. The van der Waals surface area contributed by atoms with E-state index in [1.54, 1.807) is 6.92 Å². The van der Waals surface area contributed by atoms with E-state index in [-0.39, 0.29) is 0 Å². The maximum absolute atomic E-state index is 10.2. The average molecular weight is 213 g/mol. The van der Waals surface area contributed by atoms with Crippen LogP contribution < -0.4 is 10.2 Å². The Balaban J connectivity index is 2.60. The standard InChI is InChI=1S/C8H11N3O4/c1-5-9-6(3-7(10-5)14-2)11-15-4-8(12)13/h3H,4H2,1-2H3,(H,12,13)(H,9,10,11). The van der Waals surface area contributed by atoms with Crippen LogP contribution in [0.4, 0.5) is 5.82 Å². The van der Waals surface area contributed by atoms with Crippen LogP contribution in [0.3, 0.4) is 0 Å². The highest BCUT2D eigenvalue weighted by Crippen LogP contribution is 2.12. The first-order valence-electron chi connectivity index (χ1n) is 4.11. The number of nitrogens with one attached hydrogen (secondary N) is 1. The molecule has 0 unspecified atom stereocenters. The molecule has 0 radical (unpaired) electrons. The summed E-state index contributed by atoms with van der Waals surface area (Å²) in [4.78, 5) is 22.7. The first-order valence-corrected chi connectivity index (χ1v) is 4.11. The van der Waals surface area contributed by atoms with Gasteiger partial charge < -0.3 is 9.84 Å². The fraction of sp³-hybridized carbons (Fsp3) is 0.375. The van der Waals surface area contributed by atoms with Gasteiger partial charge in [0.2, 0.25) is 5.88 Å². The van der Waals surface area contributed by atoms with Crippen molar-refractivity contribution in [1.82, 2.24) is 9.97 Å². The van der Waals surface area contributed by atoms with Crippen molar-refractivity contribution in [1.29, 1.82) is 0 Å². The van der Waals surface area contributed by atoms with Crippen molar-refractivity contribution in [2.45, 2.75) is 6.92 Å². The molecule has 0 atom stereocenters. The third-order valence-electron chi connectivity index (χ3n) is 1.40. The molecule has 1 heterocycles. The Hall–Kier alpha value is -1.89. The van der Waals surface area contributed by atoms with Crippen LogP contribution in [0.25, 0.3) is 0 Å². The predicted molar refractivity (Wildman–Crippen MR) is 50.5 cm³/mol. The molecule has 0 saturated heterocycles. The van der Waals surface area contributed by atoms with E-state index in [9.17, 15) is 4.79 Å². The molecule has 0 aliphatic heterocycles. The van der Waals surface area contributed by atoms with Crippen molar-refractivity contribution in [3.05, 3.63) is 11.9 Å². The summed E-state index contributed by atoms with van der Waals surface area (Å²) in [5, 5.41) is 8.32. The Bertz CT molecular complexity index is 356. The van der Waals surface area contributed by atoms with Gasteiger partial charge in [-0.15, -0.1) is 0 Å². The molecule has 0 saturated carbocycles. The number of rotatable bonds is 5. The first-order chi connectivity index (χ1) is 7.11. The van der Waals surface area contributed by atoms with E-state index in [0.29, 0.717) is 17.5 Å². The average Bonchev–Trinajstić information content (AvgIpc) is 2.16. The van der Waals surface area contributed by atoms with Crippen LogP contribution in [0.5, 0.6) is 5.88 Å². The number of nitrogens with zero attached hydrogens (tertiary/aromatic N) is 2. The molecule has 1 aromatic rings. The van der Waals surface area contributed by atoms with E-state index in [1.807, 2.05) is 0 Å². The van der Waals surface area contributed by atoms with Crippen LogP contribution in [0.2, 0.25) is 0 Å². The van der Waals surface area contributed by atoms with E-state index in [2.05, 4.69) is 20.3 Å². The summed E-state index contributed by atoms with van der Waals surface area (Å²) in [5.41, 5.74) is 2.38. The topological polar surface area (TPSA) is 93.6 Å². The Morgan fingerprint density at radius 2 is 2.33 bits per heavy atom. The van der Waals surface area contributed by atoms with Crippen molar-refractivity contribution in [3.63, 3.8) is 0 Å². The quantitative estimate of drug-likeness (QED) is 0.675. The molecule has 1 rings (SSSR count). The van der Waals surface area contributed by atoms with Crippen molar-refractivity contribution in [2.75, 3.05) is 19.2 Å². The Morgan fingerprint density at radius 1 is 1.60 bits per heavy atom. The monoisotopic (exact) mass is 213 g/mol. The molecule has 0 bridgehead atoms. The van der Waals surface area contributed by atoms with E-state index < -0.39 is 12.6 Å². The SMILES string of the molecule is COc1cc(NOCC(=O)O)nc(C)n1. The van der Waals surface area contributed by atoms with Crippen LogP contribution >= 0.6 is 0 Å². The molecule has 15 heavy (non-hydrogen) atoms. The second-order valence-corrected chi connectivity index (χ2v) is 2.63. The minimum Gasteiger partial charge on any atom is -0.481 e. The lowest BCUT2D eigenvalue weighted by Crippen LogP contribution is -2.12. The number of anilines is 1. The normalized spacial score (nSPS) is 9.73. The van der Waals surface area contributed by atoms with Crippen molar-refractivity contribution in [2.24, 2.45) is 0 Å². The lowest BCUT2D eigenvalue weighted by Gasteiger charge is -2.06. The van der Waals surface area contributed by atoms with E-state index in [4.69, 9.17) is 9.84 Å². The minimum atomic E-state index is -1.07. The van der Waals surface area contributed by atoms with E-state index in [0.717, 1.165) is 0 Å². The Labute approximate surface area is 86.0 Å². The summed E-state index contributed by atoms with van der Waals surface area (Å²) in [6, 6.07) is 1.49. The molecule has 0 amide bonds. The Kier molecular flexibility index (Phi) is 3.81. The zero-order valence-corrected chi connectivity index (χ0v) is 8.35. The summed E-state index contributed by atoms with van der Waals surface area (Å²) in [6.45, 7) is 1.23. The molecular weight excluding hydrogens is 202 g/mol. The largest absolute Gasteiger partial charge is 0.481 e. The summed E-state index contributed by atoms with van der Waals surface area (Å²) < 4.78 is 4.90. The first kappa shape index (κ1) is 11.2. The van der Waals surface area contributed by atoms with Crippen molar-refractivity contribution < 1.29 is 19.5 Å². The lowest BCUT2D eigenvalue weighted by molar-refractivity contribution is -0.141. The van der Waals surface area contributed by atoms with Crippen LogP contribution in [0.1, 0.15) is 5.82 Å². The number of methoxy groups -OCH3 is 1. The summed E-state index contributed by atoms with van der Waals surface area (Å²) >= 11 is 0. The van der Waals surface area contributed by atoms with Crippen LogP contribution in [-0.2, 0) is 9.63 Å². The van der Waals surface area contributed by atoms with Crippen molar-refractivity contribution in [3.8, 4) is 5.88 Å². The molecular formula is C8H11N3O4. The molecule has 7 nitrogen and oxygen atoms in total. The molecule has 1 aromatic heterocycles. The van der Waals surface area contributed by atoms with Gasteiger partial charge in [-0.2, -0.15) is 4.98 Å². The number of aryl methyl sites for hydroxylation is 1. The summed E-state index contributed by atoms with van der Waals surface area (Å²) in [5.74, 6) is 0.153. The van der Waals surface area contributed by atoms with Gasteiger partial charge in [0.25, 0.3) is 0 Å². The summed E-state index contributed by atoms with van der Waals surface area (Å²) in [7, 11) is 1.48. The summed E-state index contributed by atoms with van der Waals surface area (Å²) in [6.07, 6.45) is 0. The number of ether oxygens (including phenoxy) is 1. The molecule has 2 N–H and O–H groups in total. The highest BCUT2D eigenvalue weighted by atomic mass is 16.7. The lowest BCUT2D eigenvalue weighted by atomic mass is 10.5. The number of carbonyl (C=O) groups is 1. The van der Waals surface area contributed by atoms with Gasteiger partial charge in [0.05, 0.1) is 7.11 Å². The minimum absolute atomic E-state index is 0.348. The molecule has 82 valence electrons. The van der Waals surface area contributed by atoms with Crippen LogP contribution in [0.15, 0.2) is 6.07 Å².